The van der Waals surface area contributed by atoms with Crippen molar-refractivity contribution in [1.29, 1.82) is 0 Å². The van der Waals surface area contributed by atoms with Gasteiger partial charge in [-0.25, -0.2) is 4.39 Å². The SMILES string of the molecule is CCNC(c1cncc(Br)c1)c1ccc(OC)cc1F. The zero-order valence-electron chi connectivity index (χ0n) is 11.4. The molecule has 1 N–H and O–H groups in total. The van der Waals surface area contributed by atoms with E-state index in [0.717, 1.165) is 16.6 Å². The van der Waals surface area contributed by atoms with Crippen molar-refractivity contribution in [3.05, 3.63) is 58.1 Å². The predicted molar refractivity (Wildman–Crippen MR) is 80.4 cm³/mol. The highest BCUT2D eigenvalue weighted by Gasteiger charge is 2.18. The molecule has 5 heteroatoms. The Morgan fingerprint density at radius 1 is 1.35 bits per heavy atom. The molecule has 0 radical (unpaired) electrons. The predicted octanol–water partition coefficient (Wildman–Crippen LogP) is 3.69. The van der Waals surface area contributed by atoms with E-state index >= 15 is 0 Å². The van der Waals surface area contributed by atoms with E-state index in [1.807, 2.05) is 13.0 Å². The second-order valence-corrected chi connectivity index (χ2v) is 5.23. The van der Waals surface area contributed by atoms with Crippen molar-refractivity contribution >= 4 is 15.9 Å². The zero-order valence-corrected chi connectivity index (χ0v) is 12.9. The Labute approximate surface area is 126 Å². The molecule has 2 aromatic rings. The Hall–Kier alpha value is -1.46. The van der Waals surface area contributed by atoms with Gasteiger partial charge in [0, 0.05) is 28.5 Å². The van der Waals surface area contributed by atoms with Crippen LogP contribution in [0.15, 0.2) is 41.1 Å². The fourth-order valence-electron chi connectivity index (χ4n) is 2.07. The highest BCUT2D eigenvalue weighted by Crippen LogP contribution is 2.28. The highest BCUT2D eigenvalue weighted by molar-refractivity contribution is 9.10. The lowest BCUT2D eigenvalue weighted by Crippen LogP contribution is -2.23. The molecule has 0 saturated heterocycles. The van der Waals surface area contributed by atoms with Gasteiger partial charge in [0.05, 0.1) is 13.2 Å². The number of methoxy groups -OCH3 is 1. The van der Waals surface area contributed by atoms with E-state index in [1.54, 1.807) is 24.5 Å². The van der Waals surface area contributed by atoms with Crippen molar-refractivity contribution < 1.29 is 9.13 Å². The number of rotatable bonds is 5. The third-order valence-electron chi connectivity index (χ3n) is 2.99. The molecule has 3 nitrogen and oxygen atoms in total. The first kappa shape index (κ1) is 14.9. The Morgan fingerprint density at radius 3 is 2.75 bits per heavy atom. The maximum atomic E-state index is 14.2. The van der Waals surface area contributed by atoms with Gasteiger partial charge < -0.3 is 10.1 Å². The van der Waals surface area contributed by atoms with Crippen molar-refractivity contribution in [2.24, 2.45) is 0 Å². The molecule has 1 unspecified atom stereocenters. The number of aromatic nitrogens is 1. The van der Waals surface area contributed by atoms with Gasteiger partial charge >= 0.3 is 0 Å². The summed E-state index contributed by atoms with van der Waals surface area (Å²) in [5, 5.41) is 3.28. The first-order valence-electron chi connectivity index (χ1n) is 6.33. The van der Waals surface area contributed by atoms with E-state index in [0.29, 0.717) is 11.3 Å². The zero-order chi connectivity index (χ0) is 14.5. The molecule has 1 atom stereocenters. The molecule has 0 amide bonds. The van der Waals surface area contributed by atoms with Gasteiger partial charge in [-0.1, -0.05) is 13.0 Å². The van der Waals surface area contributed by atoms with Crippen LogP contribution in [0.2, 0.25) is 0 Å². The van der Waals surface area contributed by atoms with Gasteiger partial charge in [-0.3, -0.25) is 4.98 Å². The summed E-state index contributed by atoms with van der Waals surface area (Å²) < 4.78 is 20.1. The third-order valence-corrected chi connectivity index (χ3v) is 3.42. The average Bonchev–Trinajstić information content (AvgIpc) is 2.45. The fraction of sp³-hybridized carbons (Fsp3) is 0.267. The van der Waals surface area contributed by atoms with Crippen molar-refractivity contribution in [1.82, 2.24) is 10.3 Å². The molecule has 0 spiro atoms. The summed E-state index contributed by atoms with van der Waals surface area (Å²) in [5.74, 6) is 0.212. The summed E-state index contributed by atoms with van der Waals surface area (Å²) in [5.41, 5.74) is 1.48. The molecule has 106 valence electrons. The van der Waals surface area contributed by atoms with Gasteiger partial charge in [0.15, 0.2) is 0 Å². The summed E-state index contributed by atoms with van der Waals surface area (Å²) >= 11 is 3.39. The van der Waals surface area contributed by atoms with Gasteiger partial charge in [-0.05, 0) is 40.2 Å². The number of halogens is 2. The molecule has 1 heterocycles. The molecule has 0 aliphatic heterocycles. The van der Waals surface area contributed by atoms with Crippen LogP contribution in [0.4, 0.5) is 4.39 Å². The number of benzene rings is 1. The lowest BCUT2D eigenvalue weighted by Gasteiger charge is -2.19. The van der Waals surface area contributed by atoms with Gasteiger partial charge in [-0.2, -0.15) is 0 Å². The van der Waals surface area contributed by atoms with Gasteiger partial charge in [0.1, 0.15) is 11.6 Å². The second-order valence-electron chi connectivity index (χ2n) is 4.31. The number of hydrogen-bond acceptors (Lipinski definition) is 3. The average molecular weight is 339 g/mol. The molecule has 0 aliphatic carbocycles. The minimum Gasteiger partial charge on any atom is -0.497 e. The standard InChI is InChI=1S/C15H16BrFN2O/c1-3-19-15(10-6-11(16)9-18-8-10)13-5-4-12(20-2)7-14(13)17/h4-9,15,19H,3H2,1-2H3. The van der Waals surface area contributed by atoms with Crippen LogP contribution >= 0.6 is 15.9 Å². The number of nitrogens with one attached hydrogen (secondary N) is 1. The van der Waals surface area contributed by atoms with Crippen LogP contribution < -0.4 is 10.1 Å². The maximum absolute atomic E-state index is 14.2. The van der Waals surface area contributed by atoms with Crippen LogP contribution in [-0.2, 0) is 0 Å². The first-order valence-corrected chi connectivity index (χ1v) is 7.12. The van der Waals surface area contributed by atoms with Gasteiger partial charge in [0.25, 0.3) is 0 Å². The van der Waals surface area contributed by atoms with Crippen LogP contribution in [0.1, 0.15) is 24.1 Å². The Balaban J connectivity index is 2.43. The molecule has 0 bridgehead atoms. The van der Waals surface area contributed by atoms with Crippen LogP contribution in [0, 0.1) is 5.82 Å². The molecule has 0 aliphatic rings. The highest BCUT2D eigenvalue weighted by atomic mass is 79.9. The Bertz CT molecular complexity index is 592. The minimum atomic E-state index is -0.296. The van der Waals surface area contributed by atoms with Crippen molar-refractivity contribution in [2.75, 3.05) is 13.7 Å². The van der Waals surface area contributed by atoms with E-state index in [9.17, 15) is 4.39 Å². The molecule has 20 heavy (non-hydrogen) atoms. The molecular weight excluding hydrogens is 323 g/mol. The molecule has 1 aromatic heterocycles. The summed E-state index contributed by atoms with van der Waals surface area (Å²) in [6.07, 6.45) is 3.44. The van der Waals surface area contributed by atoms with Crippen molar-refractivity contribution in [3.8, 4) is 5.75 Å². The van der Waals surface area contributed by atoms with Crippen LogP contribution in [0.5, 0.6) is 5.75 Å². The maximum Gasteiger partial charge on any atom is 0.132 e. The van der Waals surface area contributed by atoms with Crippen molar-refractivity contribution in [2.45, 2.75) is 13.0 Å². The lowest BCUT2D eigenvalue weighted by atomic mass is 9.99. The summed E-state index contributed by atoms with van der Waals surface area (Å²) in [6.45, 7) is 2.71. The smallest absolute Gasteiger partial charge is 0.132 e. The largest absolute Gasteiger partial charge is 0.497 e. The fourth-order valence-corrected chi connectivity index (χ4v) is 2.45. The van der Waals surface area contributed by atoms with E-state index in [1.165, 1.54) is 13.2 Å². The lowest BCUT2D eigenvalue weighted by molar-refractivity contribution is 0.410. The number of hydrogen-bond donors (Lipinski definition) is 1. The van der Waals surface area contributed by atoms with Gasteiger partial charge in [-0.15, -0.1) is 0 Å². The third kappa shape index (κ3) is 3.35. The topological polar surface area (TPSA) is 34.2 Å². The summed E-state index contributed by atoms with van der Waals surface area (Å²) in [6, 6.07) is 6.59. The first-order chi connectivity index (χ1) is 9.65. The molecule has 0 fully saturated rings. The number of nitrogens with zero attached hydrogens (tertiary/aromatic N) is 1. The Morgan fingerprint density at radius 2 is 2.15 bits per heavy atom. The number of ether oxygens (including phenoxy) is 1. The number of pyridine rings is 1. The monoisotopic (exact) mass is 338 g/mol. The van der Waals surface area contributed by atoms with Crippen molar-refractivity contribution in [3.63, 3.8) is 0 Å². The van der Waals surface area contributed by atoms with E-state index in [2.05, 4.69) is 26.2 Å². The normalized spacial score (nSPS) is 12.2. The minimum absolute atomic E-state index is 0.240. The van der Waals surface area contributed by atoms with Crippen LogP contribution in [0.3, 0.4) is 0 Å². The Kier molecular flexibility index (Phi) is 5.09. The second kappa shape index (κ2) is 6.81. The van der Waals surface area contributed by atoms with Crippen LogP contribution in [-0.4, -0.2) is 18.6 Å². The van der Waals surface area contributed by atoms with Crippen LogP contribution in [0.25, 0.3) is 0 Å². The van der Waals surface area contributed by atoms with E-state index in [4.69, 9.17) is 4.74 Å². The molecular formula is C15H16BrFN2O. The molecule has 1 aromatic carbocycles. The van der Waals surface area contributed by atoms with E-state index < -0.39 is 0 Å². The quantitative estimate of drug-likeness (QED) is 0.902. The molecule has 0 saturated carbocycles. The summed E-state index contributed by atoms with van der Waals surface area (Å²) in [7, 11) is 1.52. The van der Waals surface area contributed by atoms with Gasteiger partial charge in [0.2, 0.25) is 0 Å². The molecule has 2 rings (SSSR count). The summed E-state index contributed by atoms with van der Waals surface area (Å²) in [4.78, 5) is 4.14. The van der Waals surface area contributed by atoms with E-state index in [-0.39, 0.29) is 11.9 Å².